The number of amides is 1. The van der Waals surface area contributed by atoms with E-state index in [1.807, 2.05) is 37.4 Å². The van der Waals surface area contributed by atoms with E-state index in [0.29, 0.717) is 28.9 Å². The summed E-state index contributed by atoms with van der Waals surface area (Å²) in [5, 5.41) is 0.685. The van der Waals surface area contributed by atoms with Gasteiger partial charge in [-0.05, 0) is 62.3 Å². The van der Waals surface area contributed by atoms with Crippen LogP contribution in [0.25, 0.3) is 16.3 Å². The SMILES string of the molecule is COc1cc(/C=C/C(=O)N(CCN(C)C)c2nc3ccc(SC)cc3s2)cc(OC)c1OC. The summed E-state index contributed by atoms with van der Waals surface area (Å²) in [4.78, 5) is 22.9. The molecule has 3 rings (SSSR count). The molecule has 0 N–H and O–H groups in total. The second kappa shape index (κ2) is 11.4. The van der Waals surface area contributed by atoms with Gasteiger partial charge in [0.15, 0.2) is 16.6 Å². The van der Waals surface area contributed by atoms with Gasteiger partial charge in [0.25, 0.3) is 5.91 Å². The van der Waals surface area contributed by atoms with Gasteiger partial charge in [0.1, 0.15) is 0 Å². The Morgan fingerprint density at radius 1 is 1.06 bits per heavy atom. The van der Waals surface area contributed by atoms with E-state index >= 15 is 0 Å². The van der Waals surface area contributed by atoms with E-state index < -0.39 is 0 Å². The average molecular weight is 488 g/mol. The lowest BCUT2D eigenvalue weighted by molar-refractivity contribution is -0.114. The van der Waals surface area contributed by atoms with E-state index in [4.69, 9.17) is 19.2 Å². The third-order valence-corrected chi connectivity index (χ3v) is 6.72. The van der Waals surface area contributed by atoms with E-state index in [1.165, 1.54) is 16.2 Å². The van der Waals surface area contributed by atoms with Crippen LogP contribution in [-0.4, -0.2) is 70.6 Å². The van der Waals surface area contributed by atoms with Crippen molar-refractivity contribution in [1.82, 2.24) is 9.88 Å². The second-order valence-electron chi connectivity index (χ2n) is 7.42. The van der Waals surface area contributed by atoms with Gasteiger partial charge in [-0.2, -0.15) is 0 Å². The molecule has 1 heterocycles. The van der Waals surface area contributed by atoms with Crippen LogP contribution in [0.4, 0.5) is 5.13 Å². The highest BCUT2D eigenvalue weighted by Crippen LogP contribution is 2.38. The van der Waals surface area contributed by atoms with Gasteiger partial charge in [-0.1, -0.05) is 11.3 Å². The van der Waals surface area contributed by atoms with Crippen molar-refractivity contribution in [3.8, 4) is 17.2 Å². The predicted octanol–water partition coefficient (Wildman–Crippen LogP) is 4.65. The lowest BCUT2D eigenvalue weighted by atomic mass is 10.1. The summed E-state index contributed by atoms with van der Waals surface area (Å²) in [5.41, 5.74) is 1.66. The van der Waals surface area contributed by atoms with Crippen LogP contribution in [0.5, 0.6) is 17.2 Å². The molecule has 0 unspecified atom stereocenters. The first kappa shape index (κ1) is 24.9. The Balaban J connectivity index is 1.92. The monoisotopic (exact) mass is 487 g/mol. The summed E-state index contributed by atoms with van der Waals surface area (Å²) >= 11 is 3.21. The van der Waals surface area contributed by atoms with Crippen molar-refractivity contribution < 1.29 is 19.0 Å². The summed E-state index contributed by atoms with van der Waals surface area (Å²) in [7, 11) is 8.65. The molecule has 0 radical (unpaired) electrons. The number of rotatable bonds is 10. The Labute approximate surface area is 202 Å². The molecule has 0 saturated heterocycles. The first-order chi connectivity index (χ1) is 15.9. The van der Waals surface area contributed by atoms with Crippen LogP contribution in [0.1, 0.15) is 5.56 Å². The number of thioether (sulfide) groups is 1. The van der Waals surface area contributed by atoms with Gasteiger partial charge in [-0.15, -0.1) is 11.8 Å². The molecule has 0 aliphatic heterocycles. The molecule has 2 aromatic carbocycles. The van der Waals surface area contributed by atoms with E-state index in [-0.39, 0.29) is 5.91 Å². The van der Waals surface area contributed by atoms with Crippen molar-refractivity contribution in [2.75, 3.05) is 59.7 Å². The lowest BCUT2D eigenvalue weighted by Gasteiger charge is -2.20. The van der Waals surface area contributed by atoms with Crippen molar-refractivity contribution >= 4 is 50.4 Å². The van der Waals surface area contributed by atoms with Crippen LogP contribution in [0.2, 0.25) is 0 Å². The predicted molar refractivity (Wildman–Crippen MR) is 137 cm³/mol. The van der Waals surface area contributed by atoms with Gasteiger partial charge in [0.05, 0.1) is 31.5 Å². The molecule has 1 aromatic heterocycles. The van der Waals surface area contributed by atoms with Gasteiger partial charge in [-0.3, -0.25) is 9.69 Å². The van der Waals surface area contributed by atoms with Crippen molar-refractivity contribution in [2.45, 2.75) is 4.90 Å². The van der Waals surface area contributed by atoms with Crippen LogP contribution in [0.15, 0.2) is 41.3 Å². The molecule has 7 nitrogen and oxygen atoms in total. The fraction of sp³-hybridized carbons (Fsp3) is 0.333. The minimum absolute atomic E-state index is 0.144. The Morgan fingerprint density at radius 2 is 1.76 bits per heavy atom. The maximum absolute atomic E-state index is 13.3. The van der Waals surface area contributed by atoms with Crippen molar-refractivity contribution in [1.29, 1.82) is 0 Å². The van der Waals surface area contributed by atoms with E-state index in [1.54, 1.807) is 62.3 Å². The number of fused-ring (bicyclic) bond motifs is 1. The summed E-state index contributed by atoms with van der Waals surface area (Å²) < 4.78 is 17.3. The summed E-state index contributed by atoms with van der Waals surface area (Å²) in [6.45, 7) is 1.25. The van der Waals surface area contributed by atoms with Gasteiger partial charge >= 0.3 is 0 Å². The number of methoxy groups -OCH3 is 3. The van der Waals surface area contributed by atoms with Crippen molar-refractivity contribution in [3.63, 3.8) is 0 Å². The number of carbonyl (C=O) groups excluding carboxylic acids is 1. The number of ether oxygens (including phenoxy) is 3. The number of likely N-dealkylation sites (N-methyl/N-ethyl adjacent to an activating group) is 1. The van der Waals surface area contributed by atoms with Gasteiger partial charge < -0.3 is 19.1 Å². The molecular formula is C24H29N3O4S2. The molecule has 3 aromatic rings. The minimum Gasteiger partial charge on any atom is -0.493 e. The molecule has 0 spiro atoms. The minimum atomic E-state index is -0.144. The van der Waals surface area contributed by atoms with Crippen LogP contribution < -0.4 is 19.1 Å². The second-order valence-corrected chi connectivity index (χ2v) is 9.30. The number of hydrogen-bond acceptors (Lipinski definition) is 8. The Morgan fingerprint density at radius 3 is 2.33 bits per heavy atom. The molecule has 0 fully saturated rings. The summed E-state index contributed by atoms with van der Waals surface area (Å²) in [5.74, 6) is 1.43. The standard InChI is InChI=1S/C24H29N3O4S2/c1-26(2)11-12-27(24-25-18-9-8-17(32-6)15-21(18)33-24)22(28)10-7-16-13-19(29-3)23(31-5)20(14-16)30-4/h7-10,13-15H,11-12H2,1-6H3/b10-7+. The number of aromatic nitrogens is 1. The molecule has 0 saturated carbocycles. The quantitative estimate of drug-likeness (QED) is 0.305. The van der Waals surface area contributed by atoms with E-state index in [9.17, 15) is 4.79 Å². The third-order valence-electron chi connectivity index (χ3n) is 4.96. The Hall–Kier alpha value is -2.75. The zero-order valence-corrected chi connectivity index (χ0v) is 21.4. The molecular weight excluding hydrogens is 458 g/mol. The normalized spacial score (nSPS) is 11.4. The molecule has 0 atom stereocenters. The fourth-order valence-corrected chi connectivity index (χ4v) is 4.74. The van der Waals surface area contributed by atoms with Gasteiger partial charge in [0, 0.05) is 24.1 Å². The third kappa shape index (κ3) is 5.98. The molecule has 0 aliphatic rings. The summed E-state index contributed by atoms with van der Waals surface area (Å²) in [6, 6.07) is 9.77. The number of benzene rings is 2. The number of hydrogen-bond donors (Lipinski definition) is 0. The largest absolute Gasteiger partial charge is 0.493 e. The highest BCUT2D eigenvalue weighted by Gasteiger charge is 2.19. The topological polar surface area (TPSA) is 64.1 Å². The van der Waals surface area contributed by atoms with Crippen LogP contribution in [0.3, 0.4) is 0 Å². The maximum Gasteiger partial charge on any atom is 0.252 e. The first-order valence-corrected chi connectivity index (χ1v) is 12.3. The smallest absolute Gasteiger partial charge is 0.252 e. The highest BCUT2D eigenvalue weighted by atomic mass is 32.2. The average Bonchev–Trinajstić information content (AvgIpc) is 3.24. The molecule has 0 bridgehead atoms. The first-order valence-electron chi connectivity index (χ1n) is 10.3. The summed E-state index contributed by atoms with van der Waals surface area (Å²) in [6.07, 6.45) is 5.34. The van der Waals surface area contributed by atoms with E-state index in [2.05, 4.69) is 6.07 Å². The molecule has 1 amide bonds. The van der Waals surface area contributed by atoms with Crippen LogP contribution >= 0.6 is 23.1 Å². The molecule has 176 valence electrons. The molecule has 0 aliphatic carbocycles. The Bertz CT molecular complexity index is 1120. The molecule has 9 heteroatoms. The zero-order chi connectivity index (χ0) is 24.0. The van der Waals surface area contributed by atoms with Gasteiger partial charge in [-0.25, -0.2) is 4.98 Å². The number of anilines is 1. The molecule has 33 heavy (non-hydrogen) atoms. The van der Waals surface area contributed by atoms with Gasteiger partial charge in [0.2, 0.25) is 5.75 Å². The number of carbonyl (C=O) groups is 1. The van der Waals surface area contributed by atoms with Crippen molar-refractivity contribution in [3.05, 3.63) is 42.0 Å². The lowest BCUT2D eigenvalue weighted by Crippen LogP contribution is -2.35. The van der Waals surface area contributed by atoms with Crippen LogP contribution in [0, 0.1) is 0 Å². The van der Waals surface area contributed by atoms with E-state index in [0.717, 1.165) is 22.3 Å². The number of nitrogens with zero attached hydrogens (tertiary/aromatic N) is 3. The maximum atomic E-state index is 13.3. The zero-order valence-electron chi connectivity index (χ0n) is 19.7. The Kier molecular flexibility index (Phi) is 8.60. The highest BCUT2D eigenvalue weighted by molar-refractivity contribution is 7.98. The van der Waals surface area contributed by atoms with Crippen LogP contribution in [-0.2, 0) is 4.79 Å². The fourth-order valence-electron chi connectivity index (χ4n) is 3.19. The van der Waals surface area contributed by atoms with Crippen molar-refractivity contribution in [2.24, 2.45) is 0 Å². The number of thiazole rings is 1.